The lowest BCUT2D eigenvalue weighted by atomic mass is 9.91. The maximum Gasteiger partial charge on any atom is 0.257 e. The first-order valence-electron chi connectivity index (χ1n) is 9.20. The van der Waals surface area contributed by atoms with Crippen molar-refractivity contribution in [2.45, 2.75) is 32.6 Å². The molecule has 0 unspecified atom stereocenters. The van der Waals surface area contributed by atoms with Gasteiger partial charge in [-0.1, -0.05) is 5.16 Å². The predicted molar refractivity (Wildman–Crippen MR) is 100 cm³/mol. The Morgan fingerprint density at radius 2 is 2.04 bits per heavy atom. The van der Waals surface area contributed by atoms with Crippen molar-refractivity contribution in [2.24, 2.45) is 7.05 Å². The van der Waals surface area contributed by atoms with Crippen LogP contribution >= 0.6 is 0 Å². The van der Waals surface area contributed by atoms with Crippen LogP contribution in [0.1, 0.15) is 46.3 Å². The Balaban J connectivity index is 1.47. The van der Waals surface area contributed by atoms with Gasteiger partial charge in [-0.2, -0.15) is 5.10 Å². The van der Waals surface area contributed by atoms with Gasteiger partial charge in [0, 0.05) is 49.7 Å². The molecule has 0 atom stereocenters. The Morgan fingerprint density at radius 3 is 2.67 bits per heavy atom. The summed E-state index contributed by atoms with van der Waals surface area (Å²) in [6.07, 6.45) is 7.06. The maximum absolute atomic E-state index is 12.6. The average Bonchev–Trinajstić information content (AvgIpc) is 3.26. The van der Waals surface area contributed by atoms with Gasteiger partial charge in [0.15, 0.2) is 0 Å². The number of likely N-dealkylation sites (tertiary alicyclic amines) is 1. The normalized spacial score (nSPS) is 15.3. The number of amides is 1. The van der Waals surface area contributed by atoms with E-state index in [9.17, 15) is 4.79 Å². The zero-order valence-electron chi connectivity index (χ0n) is 15.8. The second kappa shape index (κ2) is 6.98. The highest BCUT2D eigenvalue weighted by molar-refractivity contribution is 5.93. The van der Waals surface area contributed by atoms with Gasteiger partial charge in [0.1, 0.15) is 5.76 Å². The molecule has 0 N–H and O–H groups in total. The summed E-state index contributed by atoms with van der Waals surface area (Å²) in [5, 5.41) is 8.14. The highest BCUT2D eigenvalue weighted by atomic mass is 16.5. The first kappa shape index (κ1) is 17.5. The van der Waals surface area contributed by atoms with Gasteiger partial charge < -0.3 is 9.42 Å². The number of hydrogen-bond acceptors (Lipinski definition) is 5. The van der Waals surface area contributed by atoms with E-state index in [1.165, 1.54) is 0 Å². The van der Waals surface area contributed by atoms with Gasteiger partial charge in [-0.25, -0.2) is 0 Å². The smallest absolute Gasteiger partial charge is 0.257 e. The molecule has 0 aliphatic carbocycles. The maximum atomic E-state index is 12.6. The fourth-order valence-electron chi connectivity index (χ4n) is 3.81. The molecule has 27 heavy (non-hydrogen) atoms. The molecule has 0 spiro atoms. The number of aromatic nitrogens is 4. The van der Waals surface area contributed by atoms with E-state index < -0.39 is 0 Å². The molecule has 1 saturated heterocycles. The van der Waals surface area contributed by atoms with Crippen molar-refractivity contribution in [2.75, 3.05) is 13.1 Å². The summed E-state index contributed by atoms with van der Waals surface area (Å²) in [4.78, 5) is 19.1. The third-order valence-electron chi connectivity index (χ3n) is 5.26. The van der Waals surface area contributed by atoms with Gasteiger partial charge in [0.25, 0.3) is 5.91 Å². The van der Waals surface area contributed by atoms with Gasteiger partial charge in [0.2, 0.25) is 0 Å². The van der Waals surface area contributed by atoms with Crippen LogP contribution < -0.4 is 0 Å². The molecule has 1 aliphatic rings. The van der Waals surface area contributed by atoms with Crippen LogP contribution in [0.5, 0.6) is 0 Å². The molecule has 7 nitrogen and oxygen atoms in total. The molecule has 0 bridgehead atoms. The first-order chi connectivity index (χ1) is 13.0. The van der Waals surface area contributed by atoms with E-state index in [2.05, 4.69) is 21.3 Å². The van der Waals surface area contributed by atoms with Crippen molar-refractivity contribution < 1.29 is 9.32 Å². The number of hydrogen-bond donors (Lipinski definition) is 0. The van der Waals surface area contributed by atoms with Crippen LogP contribution in [0, 0.1) is 13.8 Å². The van der Waals surface area contributed by atoms with Crippen LogP contribution in [-0.4, -0.2) is 43.8 Å². The molecular weight excluding hydrogens is 342 g/mol. The van der Waals surface area contributed by atoms with Crippen molar-refractivity contribution in [1.82, 2.24) is 24.8 Å². The molecule has 0 saturated carbocycles. The third-order valence-corrected chi connectivity index (χ3v) is 5.26. The second-order valence-corrected chi connectivity index (χ2v) is 7.14. The summed E-state index contributed by atoms with van der Waals surface area (Å²) < 4.78 is 6.95. The number of piperidine rings is 1. The average molecular weight is 365 g/mol. The Kier molecular flexibility index (Phi) is 4.51. The minimum atomic E-state index is 0.0546. The number of nitrogens with zero attached hydrogens (tertiary/aromatic N) is 5. The lowest BCUT2D eigenvalue weighted by Crippen LogP contribution is -2.37. The van der Waals surface area contributed by atoms with Gasteiger partial charge in [-0.15, -0.1) is 0 Å². The number of carbonyl (C=O) groups is 1. The highest BCUT2D eigenvalue weighted by Gasteiger charge is 2.26. The van der Waals surface area contributed by atoms with E-state index in [0.717, 1.165) is 54.2 Å². The summed E-state index contributed by atoms with van der Waals surface area (Å²) in [6.45, 7) is 5.34. The minimum Gasteiger partial charge on any atom is -0.361 e. The van der Waals surface area contributed by atoms with E-state index >= 15 is 0 Å². The minimum absolute atomic E-state index is 0.0546. The molecule has 0 aromatic carbocycles. The molecule has 140 valence electrons. The molecule has 4 rings (SSSR count). The fourth-order valence-corrected chi connectivity index (χ4v) is 3.81. The van der Waals surface area contributed by atoms with Crippen LogP contribution in [0.4, 0.5) is 0 Å². The first-order valence-corrected chi connectivity index (χ1v) is 9.20. The van der Waals surface area contributed by atoms with Crippen LogP contribution in [-0.2, 0) is 7.05 Å². The zero-order valence-corrected chi connectivity index (χ0v) is 15.8. The molecule has 4 heterocycles. The lowest BCUT2D eigenvalue weighted by molar-refractivity contribution is 0.0712. The zero-order chi connectivity index (χ0) is 19.0. The van der Waals surface area contributed by atoms with E-state index in [1.54, 1.807) is 17.1 Å². The number of aryl methyl sites for hydroxylation is 3. The quantitative estimate of drug-likeness (QED) is 0.713. The van der Waals surface area contributed by atoms with Crippen molar-refractivity contribution in [1.29, 1.82) is 0 Å². The van der Waals surface area contributed by atoms with Gasteiger partial charge in [0.05, 0.1) is 17.5 Å². The van der Waals surface area contributed by atoms with Gasteiger partial charge in [-0.3, -0.25) is 14.5 Å². The van der Waals surface area contributed by atoms with Gasteiger partial charge in [-0.05, 0) is 44.4 Å². The third kappa shape index (κ3) is 3.37. The Hall–Kier alpha value is -2.96. The summed E-state index contributed by atoms with van der Waals surface area (Å²) in [5.74, 6) is 1.23. The van der Waals surface area contributed by atoms with E-state index in [-0.39, 0.29) is 5.91 Å². The van der Waals surface area contributed by atoms with E-state index in [0.29, 0.717) is 11.5 Å². The molecule has 0 radical (unpaired) electrons. The molecule has 7 heteroatoms. The predicted octanol–water partition coefficient (Wildman–Crippen LogP) is 3.11. The van der Waals surface area contributed by atoms with Crippen LogP contribution in [0.15, 0.2) is 35.2 Å². The molecule has 1 aliphatic heterocycles. The summed E-state index contributed by atoms with van der Waals surface area (Å²) in [5.41, 5.74) is 4.74. The number of rotatable bonds is 3. The lowest BCUT2D eigenvalue weighted by Gasteiger charge is -2.31. The van der Waals surface area contributed by atoms with Crippen LogP contribution in [0.3, 0.4) is 0 Å². The SMILES string of the molecule is Cc1noc(C)c1-c1ccnc(C2CCN(C(=O)c3cnn(C)c3)CC2)c1. The van der Waals surface area contributed by atoms with Gasteiger partial charge >= 0.3 is 0 Å². The highest BCUT2D eigenvalue weighted by Crippen LogP contribution is 2.32. The largest absolute Gasteiger partial charge is 0.361 e. The molecular formula is C20H23N5O2. The standard InChI is InChI=1S/C20H23N5O2/c1-13-19(14(2)27-23-13)16-4-7-21-18(10-16)15-5-8-25(9-6-15)20(26)17-11-22-24(3)12-17/h4,7,10-12,15H,5-6,8-9H2,1-3H3. The van der Waals surface area contributed by atoms with E-state index in [1.807, 2.05) is 38.1 Å². The monoisotopic (exact) mass is 365 g/mol. The van der Waals surface area contributed by atoms with Crippen molar-refractivity contribution in [3.05, 3.63) is 53.4 Å². The van der Waals surface area contributed by atoms with Crippen molar-refractivity contribution in [3.63, 3.8) is 0 Å². The Labute approximate surface area is 158 Å². The Bertz CT molecular complexity index is 947. The molecule has 1 fully saturated rings. The molecule has 3 aromatic rings. The van der Waals surface area contributed by atoms with Crippen LogP contribution in [0.25, 0.3) is 11.1 Å². The topological polar surface area (TPSA) is 77.1 Å². The van der Waals surface area contributed by atoms with Crippen LogP contribution in [0.2, 0.25) is 0 Å². The summed E-state index contributed by atoms with van der Waals surface area (Å²) in [7, 11) is 1.82. The summed E-state index contributed by atoms with van der Waals surface area (Å²) in [6, 6.07) is 4.13. The Morgan fingerprint density at radius 1 is 1.26 bits per heavy atom. The van der Waals surface area contributed by atoms with Crippen molar-refractivity contribution in [3.8, 4) is 11.1 Å². The molecule has 1 amide bonds. The molecule has 3 aromatic heterocycles. The number of carbonyl (C=O) groups excluding carboxylic acids is 1. The summed E-state index contributed by atoms with van der Waals surface area (Å²) >= 11 is 0. The second-order valence-electron chi connectivity index (χ2n) is 7.14. The van der Waals surface area contributed by atoms with Crippen molar-refractivity contribution >= 4 is 5.91 Å². The number of pyridine rings is 1. The van der Waals surface area contributed by atoms with E-state index in [4.69, 9.17) is 4.52 Å². The fraction of sp³-hybridized carbons (Fsp3) is 0.400.